The van der Waals surface area contributed by atoms with Gasteiger partial charge in [0.05, 0.1) is 17.8 Å². The zero-order valence-corrected chi connectivity index (χ0v) is 17.3. The van der Waals surface area contributed by atoms with Crippen molar-refractivity contribution in [3.63, 3.8) is 0 Å². The van der Waals surface area contributed by atoms with Gasteiger partial charge in [0, 0.05) is 20.8 Å². The van der Waals surface area contributed by atoms with Crippen LogP contribution < -0.4 is 10.9 Å². The van der Waals surface area contributed by atoms with Crippen molar-refractivity contribution in [2.24, 2.45) is 0 Å². The summed E-state index contributed by atoms with van der Waals surface area (Å²) >= 11 is 9.02. The molecule has 8 heteroatoms. The Bertz CT molecular complexity index is 1200. The summed E-state index contributed by atoms with van der Waals surface area (Å²) in [6.45, 7) is 1.79. The Kier molecular flexibility index (Phi) is 5.30. The third-order valence-electron chi connectivity index (χ3n) is 4.39. The summed E-state index contributed by atoms with van der Waals surface area (Å²) in [7, 11) is 0. The number of aromatic nitrogens is 2. The van der Waals surface area contributed by atoms with Crippen molar-refractivity contribution in [1.29, 1.82) is 0 Å². The van der Waals surface area contributed by atoms with Crippen LogP contribution in [-0.4, -0.2) is 15.5 Å². The monoisotopic (exact) mass is 429 g/mol. The van der Waals surface area contributed by atoms with Crippen LogP contribution in [0.5, 0.6) is 0 Å². The van der Waals surface area contributed by atoms with E-state index in [1.165, 1.54) is 22.2 Å². The third kappa shape index (κ3) is 3.73. The Morgan fingerprint density at radius 2 is 2.14 bits per heavy atom. The quantitative estimate of drug-likeness (QED) is 0.499. The molecule has 0 aliphatic heterocycles. The molecule has 4 rings (SSSR count). The van der Waals surface area contributed by atoms with E-state index in [4.69, 9.17) is 11.6 Å². The third-order valence-corrected chi connectivity index (χ3v) is 6.41. The van der Waals surface area contributed by atoms with Gasteiger partial charge in [-0.15, -0.1) is 22.7 Å². The molecule has 1 unspecified atom stereocenters. The van der Waals surface area contributed by atoms with Crippen LogP contribution in [0.15, 0.2) is 58.3 Å². The highest BCUT2D eigenvalue weighted by atomic mass is 35.5. The lowest BCUT2D eigenvalue weighted by Crippen LogP contribution is -2.33. The van der Waals surface area contributed by atoms with Gasteiger partial charge in [0.1, 0.15) is 11.4 Å². The minimum Gasteiger partial charge on any atom is -0.348 e. The molecule has 0 fully saturated rings. The standard InChI is InChI=1S/C20H16ClN3O2S2/c1-12(13-4-2-5-14(21)8-13)23-17(25)9-24-11-22-19-18(20(24)26)15(10-28-19)16-6-3-7-27-16/h2-8,10-12H,9H2,1H3,(H,23,25). The number of nitrogens with zero attached hydrogens (tertiary/aromatic N) is 2. The maximum absolute atomic E-state index is 13.0. The SMILES string of the molecule is CC(NC(=O)Cn1cnc2scc(-c3cccs3)c2c1=O)c1cccc(Cl)c1. The van der Waals surface area contributed by atoms with Crippen molar-refractivity contribution in [1.82, 2.24) is 14.9 Å². The molecule has 0 aliphatic rings. The average Bonchev–Trinajstić information content (AvgIpc) is 3.33. The Morgan fingerprint density at radius 1 is 1.29 bits per heavy atom. The van der Waals surface area contributed by atoms with E-state index < -0.39 is 0 Å². The van der Waals surface area contributed by atoms with Crippen molar-refractivity contribution in [3.05, 3.63) is 74.4 Å². The van der Waals surface area contributed by atoms with E-state index in [1.54, 1.807) is 17.4 Å². The summed E-state index contributed by atoms with van der Waals surface area (Å²) in [5.41, 5.74) is 1.56. The molecule has 0 radical (unpaired) electrons. The van der Waals surface area contributed by atoms with Crippen LogP contribution in [0.3, 0.4) is 0 Å². The first-order valence-electron chi connectivity index (χ1n) is 8.58. The molecule has 0 bridgehead atoms. The number of amides is 1. The Hall–Kier alpha value is -2.48. The Balaban J connectivity index is 1.58. The number of carbonyl (C=O) groups excluding carboxylic acids is 1. The van der Waals surface area contributed by atoms with E-state index >= 15 is 0 Å². The van der Waals surface area contributed by atoms with Gasteiger partial charge in [-0.2, -0.15) is 0 Å². The van der Waals surface area contributed by atoms with Crippen molar-refractivity contribution in [3.8, 4) is 10.4 Å². The lowest BCUT2D eigenvalue weighted by Gasteiger charge is -2.15. The van der Waals surface area contributed by atoms with Gasteiger partial charge < -0.3 is 5.32 Å². The predicted molar refractivity (Wildman–Crippen MR) is 115 cm³/mol. The molecular formula is C20H16ClN3O2S2. The summed E-state index contributed by atoms with van der Waals surface area (Å²) in [6.07, 6.45) is 1.43. The topological polar surface area (TPSA) is 64.0 Å². The fraction of sp³-hybridized carbons (Fsp3) is 0.150. The van der Waals surface area contributed by atoms with Gasteiger partial charge in [0.25, 0.3) is 5.56 Å². The molecule has 1 atom stereocenters. The molecule has 142 valence electrons. The first-order chi connectivity index (χ1) is 13.5. The number of hydrogen-bond acceptors (Lipinski definition) is 5. The van der Waals surface area contributed by atoms with Crippen molar-refractivity contribution in [2.45, 2.75) is 19.5 Å². The number of benzene rings is 1. The second kappa shape index (κ2) is 7.87. The summed E-state index contributed by atoms with van der Waals surface area (Å²) in [5, 5.41) is 7.99. The van der Waals surface area contributed by atoms with Crippen LogP contribution >= 0.6 is 34.3 Å². The minimum absolute atomic E-state index is 0.0909. The number of carbonyl (C=O) groups is 1. The summed E-state index contributed by atoms with van der Waals surface area (Å²) < 4.78 is 1.35. The summed E-state index contributed by atoms with van der Waals surface area (Å²) in [5.74, 6) is -0.261. The van der Waals surface area contributed by atoms with Gasteiger partial charge in [-0.25, -0.2) is 4.98 Å². The van der Waals surface area contributed by atoms with E-state index in [9.17, 15) is 9.59 Å². The summed E-state index contributed by atoms with van der Waals surface area (Å²) in [4.78, 5) is 31.5. The molecule has 3 aromatic heterocycles. The van der Waals surface area contributed by atoms with Crippen molar-refractivity contribution in [2.75, 3.05) is 0 Å². The fourth-order valence-corrected chi connectivity index (χ4v) is 4.91. The zero-order valence-electron chi connectivity index (χ0n) is 14.9. The first kappa shape index (κ1) is 18.9. The van der Waals surface area contributed by atoms with E-state index in [0.29, 0.717) is 15.2 Å². The first-order valence-corrected chi connectivity index (χ1v) is 10.7. The average molecular weight is 430 g/mol. The highest BCUT2D eigenvalue weighted by Crippen LogP contribution is 2.33. The maximum atomic E-state index is 13.0. The van der Waals surface area contributed by atoms with Gasteiger partial charge in [-0.3, -0.25) is 14.2 Å². The van der Waals surface area contributed by atoms with Gasteiger partial charge in [0.2, 0.25) is 5.91 Å². The summed E-state index contributed by atoms with van der Waals surface area (Å²) in [6, 6.07) is 11.0. The number of thiophene rings is 2. The van der Waals surface area contributed by atoms with Gasteiger partial charge in [-0.1, -0.05) is 29.8 Å². The molecule has 1 N–H and O–H groups in total. The molecule has 1 amide bonds. The van der Waals surface area contributed by atoms with Crippen LogP contribution in [0.4, 0.5) is 0 Å². The number of fused-ring (bicyclic) bond motifs is 1. The van der Waals surface area contributed by atoms with E-state index in [1.807, 2.05) is 48.0 Å². The highest BCUT2D eigenvalue weighted by molar-refractivity contribution is 7.18. The van der Waals surface area contributed by atoms with Crippen LogP contribution in [0.25, 0.3) is 20.7 Å². The van der Waals surface area contributed by atoms with Crippen LogP contribution in [0, 0.1) is 0 Å². The van der Waals surface area contributed by atoms with Gasteiger partial charge in [-0.05, 0) is 36.1 Å². The van der Waals surface area contributed by atoms with E-state index in [-0.39, 0.29) is 24.1 Å². The zero-order chi connectivity index (χ0) is 19.7. The minimum atomic E-state index is -0.261. The molecule has 0 saturated carbocycles. The number of hydrogen-bond donors (Lipinski definition) is 1. The molecular weight excluding hydrogens is 414 g/mol. The molecule has 3 heterocycles. The predicted octanol–water partition coefficient (Wildman–Crippen LogP) is 4.72. The second-order valence-electron chi connectivity index (χ2n) is 6.33. The lowest BCUT2D eigenvalue weighted by atomic mass is 10.1. The molecule has 4 aromatic rings. The van der Waals surface area contributed by atoms with E-state index in [2.05, 4.69) is 10.3 Å². The number of halogens is 1. The second-order valence-corrected chi connectivity index (χ2v) is 8.57. The smallest absolute Gasteiger partial charge is 0.263 e. The lowest BCUT2D eigenvalue weighted by molar-refractivity contribution is -0.122. The van der Waals surface area contributed by atoms with Crippen LogP contribution in [0.2, 0.25) is 5.02 Å². The fourth-order valence-electron chi connectivity index (χ4n) is 2.99. The maximum Gasteiger partial charge on any atom is 0.263 e. The van der Waals surface area contributed by atoms with Crippen molar-refractivity contribution < 1.29 is 4.79 Å². The Labute approximate surface area is 174 Å². The van der Waals surface area contributed by atoms with Gasteiger partial charge in [0.15, 0.2) is 0 Å². The van der Waals surface area contributed by atoms with Gasteiger partial charge >= 0.3 is 0 Å². The normalized spacial score (nSPS) is 12.2. The molecule has 0 saturated heterocycles. The molecule has 5 nitrogen and oxygen atoms in total. The Morgan fingerprint density at radius 3 is 2.89 bits per heavy atom. The number of nitrogens with one attached hydrogen (secondary N) is 1. The largest absolute Gasteiger partial charge is 0.348 e. The molecule has 28 heavy (non-hydrogen) atoms. The van der Waals surface area contributed by atoms with Crippen LogP contribution in [0.1, 0.15) is 18.5 Å². The van der Waals surface area contributed by atoms with Crippen LogP contribution in [-0.2, 0) is 11.3 Å². The molecule has 0 spiro atoms. The highest BCUT2D eigenvalue weighted by Gasteiger charge is 2.16. The molecule has 0 aliphatic carbocycles. The number of rotatable bonds is 5. The van der Waals surface area contributed by atoms with E-state index in [0.717, 1.165) is 16.0 Å². The van der Waals surface area contributed by atoms with Crippen molar-refractivity contribution >= 4 is 50.4 Å². The molecule has 1 aromatic carbocycles.